The van der Waals surface area contributed by atoms with E-state index in [9.17, 15) is 10.0 Å². The standard InChI is InChI=1S/C24H24N2O2S/c1-26(2)23(27)22(25-28)18-29-24(19-12-6-3-7-13-19,20-14-8-4-9-15-20)21-16-10-5-11-17-21/h3-17,28H,18H2,1-2H3/b25-22-. The van der Waals surface area contributed by atoms with E-state index in [2.05, 4.69) is 41.6 Å². The highest BCUT2D eigenvalue weighted by molar-refractivity contribution is 8.01. The Morgan fingerprint density at radius 3 is 1.52 bits per heavy atom. The average molecular weight is 405 g/mol. The predicted octanol–water partition coefficient (Wildman–Crippen LogP) is 4.63. The quantitative estimate of drug-likeness (QED) is 0.270. The Morgan fingerprint density at radius 1 is 0.828 bits per heavy atom. The first-order valence-corrected chi connectivity index (χ1v) is 10.3. The maximum Gasteiger partial charge on any atom is 0.272 e. The SMILES string of the molecule is CN(C)C(=O)/C(CSC(c1ccccc1)(c1ccccc1)c1ccccc1)=N\O. The smallest absolute Gasteiger partial charge is 0.272 e. The molecule has 1 N–H and O–H groups in total. The molecule has 1 amide bonds. The second-order valence-electron chi connectivity index (χ2n) is 6.81. The zero-order valence-corrected chi connectivity index (χ0v) is 17.3. The van der Waals surface area contributed by atoms with E-state index in [4.69, 9.17) is 0 Å². The van der Waals surface area contributed by atoms with E-state index < -0.39 is 4.75 Å². The van der Waals surface area contributed by atoms with Gasteiger partial charge in [-0.15, -0.1) is 11.8 Å². The minimum absolute atomic E-state index is 0.118. The van der Waals surface area contributed by atoms with Crippen LogP contribution in [-0.2, 0) is 9.54 Å². The van der Waals surface area contributed by atoms with Crippen LogP contribution >= 0.6 is 11.8 Å². The van der Waals surface area contributed by atoms with Gasteiger partial charge < -0.3 is 10.1 Å². The van der Waals surface area contributed by atoms with Gasteiger partial charge in [-0.25, -0.2) is 0 Å². The molecule has 3 rings (SSSR count). The van der Waals surface area contributed by atoms with Gasteiger partial charge in [0.25, 0.3) is 5.91 Å². The fraction of sp³-hybridized carbons (Fsp3) is 0.167. The lowest BCUT2D eigenvalue weighted by molar-refractivity contribution is -0.121. The number of carbonyl (C=O) groups excluding carboxylic acids is 1. The molecule has 148 valence electrons. The third-order valence-electron chi connectivity index (χ3n) is 4.74. The Balaban J connectivity index is 2.16. The Hall–Kier alpha value is -3.05. The van der Waals surface area contributed by atoms with E-state index in [1.54, 1.807) is 25.9 Å². The number of nitrogens with zero attached hydrogens (tertiary/aromatic N) is 2. The van der Waals surface area contributed by atoms with Crippen LogP contribution in [0.3, 0.4) is 0 Å². The summed E-state index contributed by atoms with van der Waals surface area (Å²) in [6.45, 7) is 0. The molecule has 0 saturated heterocycles. The van der Waals surface area contributed by atoms with Gasteiger partial charge in [0.15, 0.2) is 5.71 Å². The molecule has 0 heterocycles. The van der Waals surface area contributed by atoms with Crippen molar-refractivity contribution in [3.63, 3.8) is 0 Å². The van der Waals surface area contributed by atoms with Gasteiger partial charge in [0.1, 0.15) is 0 Å². The Bertz CT molecular complexity index is 861. The Labute approximate surface area is 175 Å². The maximum absolute atomic E-state index is 12.4. The number of oxime groups is 1. The molecule has 0 aliphatic rings. The minimum Gasteiger partial charge on any atom is -0.410 e. The third-order valence-corrected chi connectivity index (χ3v) is 6.30. The molecular formula is C24H24N2O2S. The van der Waals surface area contributed by atoms with Crippen molar-refractivity contribution in [2.24, 2.45) is 5.16 Å². The lowest BCUT2D eigenvalue weighted by atomic mass is 9.84. The van der Waals surface area contributed by atoms with Crippen LogP contribution in [0.15, 0.2) is 96.2 Å². The minimum atomic E-state index is -0.563. The molecule has 4 nitrogen and oxygen atoms in total. The Kier molecular flexibility index (Phi) is 6.73. The van der Waals surface area contributed by atoms with Gasteiger partial charge in [0.05, 0.1) is 4.75 Å². The van der Waals surface area contributed by atoms with Gasteiger partial charge in [-0.2, -0.15) is 0 Å². The summed E-state index contributed by atoms with van der Waals surface area (Å²) < 4.78 is -0.563. The van der Waals surface area contributed by atoms with Crippen molar-refractivity contribution in [1.29, 1.82) is 0 Å². The summed E-state index contributed by atoms with van der Waals surface area (Å²) in [5.41, 5.74) is 3.40. The van der Waals surface area contributed by atoms with E-state index in [-0.39, 0.29) is 17.4 Å². The van der Waals surface area contributed by atoms with Crippen molar-refractivity contribution >= 4 is 23.4 Å². The second kappa shape index (κ2) is 9.43. The first-order chi connectivity index (χ1) is 14.1. The summed E-state index contributed by atoms with van der Waals surface area (Å²) >= 11 is 1.57. The first-order valence-electron chi connectivity index (χ1n) is 9.32. The highest BCUT2D eigenvalue weighted by atomic mass is 32.2. The van der Waals surface area contributed by atoms with Gasteiger partial charge >= 0.3 is 0 Å². The fourth-order valence-corrected chi connectivity index (χ4v) is 4.78. The van der Waals surface area contributed by atoms with Gasteiger partial charge in [-0.05, 0) is 16.7 Å². The molecule has 0 atom stereocenters. The monoisotopic (exact) mass is 404 g/mol. The van der Waals surface area contributed by atoms with Crippen molar-refractivity contribution in [2.75, 3.05) is 19.8 Å². The fourth-order valence-electron chi connectivity index (χ4n) is 3.34. The number of amides is 1. The molecule has 3 aromatic carbocycles. The number of carbonyl (C=O) groups is 1. The molecule has 0 aliphatic heterocycles. The zero-order chi connectivity index (χ0) is 20.7. The molecule has 0 radical (unpaired) electrons. The normalized spacial score (nSPS) is 11.9. The molecule has 0 fully saturated rings. The molecule has 0 aliphatic carbocycles. The van der Waals surface area contributed by atoms with Crippen molar-refractivity contribution in [3.8, 4) is 0 Å². The number of rotatable bonds is 7. The van der Waals surface area contributed by atoms with Crippen molar-refractivity contribution in [1.82, 2.24) is 4.90 Å². The molecule has 29 heavy (non-hydrogen) atoms. The van der Waals surface area contributed by atoms with Crippen molar-refractivity contribution in [3.05, 3.63) is 108 Å². The molecule has 0 aromatic heterocycles. The van der Waals surface area contributed by atoms with Gasteiger partial charge in [-0.3, -0.25) is 4.79 Å². The summed E-state index contributed by atoms with van der Waals surface area (Å²) in [4.78, 5) is 13.8. The van der Waals surface area contributed by atoms with E-state index in [0.717, 1.165) is 16.7 Å². The van der Waals surface area contributed by atoms with Crippen LogP contribution in [0.2, 0.25) is 0 Å². The van der Waals surface area contributed by atoms with Crippen LogP contribution in [-0.4, -0.2) is 41.6 Å². The third kappa shape index (κ3) is 4.35. The first kappa shape index (κ1) is 20.7. The van der Waals surface area contributed by atoms with Crippen LogP contribution in [0, 0.1) is 0 Å². The van der Waals surface area contributed by atoms with Crippen LogP contribution in [0.4, 0.5) is 0 Å². The Morgan fingerprint density at radius 2 is 1.21 bits per heavy atom. The molecule has 5 heteroatoms. The van der Waals surface area contributed by atoms with Crippen LogP contribution in [0.1, 0.15) is 16.7 Å². The van der Waals surface area contributed by atoms with Crippen LogP contribution in [0.25, 0.3) is 0 Å². The van der Waals surface area contributed by atoms with E-state index in [1.807, 2.05) is 54.6 Å². The lowest BCUT2D eigenvalue weighted by Crippen LogP contribution is -2.34. The molecule has 0 bridgehead atoms. The maximum atomic E-state index is 12.4. The summed E-state index contributed by atoms with van der Waals surface area (Å²) in [7, 11) is 3.30. The highest BCUT2D eigenvalue weighted by Crippen LogP contribution is 2.48. The highest BCUT2D eigenvalue weighted by Gasteiger charge is 2.37. The largest absolute Gasteiger partial charge is 0.410 e. The zero-order valence-electron chi connectivity index (χ0n) is 16.5. The van der Waals surface area contributed by atoms with E-state index in [1.165, 1.54) is 4.90 Å². The van der Waals surface area contributed by atoms with E-state index >= 15 is 0 Å². The summed E-state index contributed by atoms with van der Waals surface area (Å²) in [6.07, 6.45) is 0. The van der Waals surface area contributed by atoms with Crippen molar-refractivity contribution < 1.29 is 10.0 Å². The molecular weight excluding hydrogens is 380 g/mol. The van der Waals surface area contributed by atoms with Crippen LogP contribution < -0.4 is 0 Å². The summed E-state index contributed by atoms with van der Waals surface area (Å²) in [5, 5.41) is 12.8. The molecule has 0 spiro atoms. The molecule has 0 saturated carbocycles. The summed E-state index contributed by atoms with van der Waals surface area (Å²) in [5.74, 6) is -0.0466. The predicted molar refractivity (Wildman–Crippen MR) is 120 cm³/mol. The second-order valence-corrected chi connectivity index (χ2v) is 8.00. The summed E-state index contributed by atoms with van der Waals surface area (Å²) in [6, 6.07) is 30.6. The molecule has 3 aromatic rings. The number of thioether (sulfide) groups is 1. The van der Waals surface area contributed by atoms with Gasteiger partial charge in [0, 0.05) is 19.8 Å². The average Bonchev–Trinajstić information content (AvgIpc) is 2.78. The van der Waals surface area contributed by atoms with Gasteiger partial charge in [0.2, 0.25) is 0 Å². The van der Waals surface area contributed by atoms with Crippen LogP contribution in [0.5, 0.6) is 0 Å². The van der Waals surface area contributed by atoms with Crippen molar-refractivity contribution in [2.45, 2.75) is 4.75 Å². The number of hydrogen-bond donors (Lipinski definition) is 1. The van der Waals surface area contributed by atoms with E-state index in [0.29, 0.717) is 0 Å². The lowest BCUT2D eigenvalue weighted by Gasteiger charge is -2.35. The number of hydrogen-bond acceptors (Lipinski definition) is 4. The topological polar surface area (TPSA) is 52.9 Å². The molecule has 0 unspecified atom stereocenters. The number of benzene rings is 3. The van der Waals surface area contributed by atoms with Gasteiger partial charge in [-0.1, -0.05) is 96.2 Å².